The molecule has 46 heavy (non-hydrogen) atoms. The van der Waals surface area contributed by atoms with Gasteiger partial charge >= 0.3 is 0 Å². The topological polar surface area (TPSA) is 82.7 Å². The molecule has 5 aromatic carbocycles. The van der Waals surface area contributed by atoms with E-state index in [1.54, 1.807) is 0 Å². The first-order chi connectivity index (χ1) is 22.7. The number of nitrogens with one attached hydrogen (secondary N) is 2. The number of hydrogen-bond donors (Lipinski definition) is 2. The van der Waals surface area contributed by atoms with Gasteiger partial charge in [0.15, 0.2) is 11.0 Å². The van der Waals surface area contributed by atoms with E-state index in [2.05, 4.69) is 132 Å². The molecule has 0 saturated heterocycles. The van der Waals surface area contributed by atoms with Crippen LogP contribution in [-0.4, -0.2) is 36.6 Å². The number of tetrazole rings is 1. The fraction of sp³-hybridized carbons (Fsp3) is 0.132. The molecule has 2 heterocycles. The summed E-state index contributed by atoms with van der Waals surface area (Å²) in [5.74, 6) is 1.27. The Morgan fingerprint density at radius 3 is 1.76 bits per heavy atom. The molecule has 1 aliphatic heterocycles. The van der Waals surface area contributed by atoms with Crippen LogP contribution in [0, 0.1) is 11.3 Å². The highest BCUT2D eigenvalue weighted by atomic mass is 32.2. The summed E-state index contributed by atoms with van der Waals surface area (Å²) < 4.78 is 1.98. The van der Waals surface area contributed by atoms with Gasteiger partial charge in [-0.15, -0.1) is 15.6 Å². The molecule has 1 unspecified atom stereocenters. The number of hydrazine groups is 1. The van der Waals surface area contributed by atoms with Gasteiger partial charge in [0, 0.05) is 16.5 Å². The van der Waals surface area contributed by atoms with Crippen molar-refractivity contribution in [2.24, 2.45) is 5.92 Å². The van der Waals surface area contributed by atoms with Crippen molar-refractivity contribution in [3.05, 3.63) is 156 Å². The zero-order valence-electron chi connectivity index (χ0n) is 25.4. The fourth-order valence-corrected chi connectivity index (χ4v) is 8.14. The van der Waals surface area contributed by atoms with Gasteiger partial charge in [-0.3, -0.25) is 10.4 Å². The maximum absolute atomic E-state index is 8.77. The maximum atomic E-state index is 8.77. The van der Waals surface area contributed by atoms with Crippen LogP contribution < -0.4 is 10.4 Å². The van der Waals surface area contributed by atoms with E-state index in [1.165, 1.54) is 17.8 Å². The predicted octanol–water partition coefficient (Wildman–Crippen LogP) is 7.55. The number of rotatable bonds is 8. The van der Waals surface area contributed by atoms with Crippen molar-refractivity contribution >= 4 is 26.3 Å². The molecule has 2 N–H and O–H groups in total. The van der Waals surface area contributed by atoms with Crippen molar-refractivity contribution in [2.45, 2.75) is 18.4 Å². The summed E-state index contributed by atoms with van der Waals surface area (Å²) in [7, 11) is -0.188. The summed E-state index contributed by atoms with van der Waals surface area (Å²) >= 11 is 0. The number of benzene rings is 5. The molecule has 1 fully saturated rings. The Hall–Kier alpha value is -5.18. The molecule has 0 radical (unpaired) electrons. The van der Waals surface area contributed by atoms with Gasteiger partial charge in [-0.25, -0.2) is 4.68 Å². The molecule has 8 rings (SSSR count). The van der Waals surface area contributed by atoms with Crippen LogP contribution in [0.3, 0.4) is 0 Å². The van der Waals surface area contributed by atoms with Crippen LogP contribution in [0.15, 0.2) is 140 Å². The van der Waals surface area contributed by atoms with Gasteiger partial charge in [-0.1, -0.05) is 127 Å². The maximum Gasteiger partial charge on any atom is 0.184 e. The largest absolute Gasteiger partial charge is 0.278 e. The molecule has 7 nitrogen and oxygen atoms in total. The molecular weight excluding hydrogens is 587 g/mol. The highest BCUT2D eigenvalue weighted by molar-refractivity contribution is 8.28. The molecule has 1 saturated carbocycles. The first-order valence-electron chi connectivity index (χ1n) is 15.5. The van der Waals surface area contributed by atoms with E-state index in [-0.39, 0.29) is 10.5 Å². The fourth-order valence-electron chi connectivity index (χ4n) is 6.54. The normalized spacial score (nSPS) is 16.6. The Morgan fingerprint density at radius 1 is 0.696 bits per heavy atom. The highest BCUT2D eigenvalue weighted by Crippen LogP contribution is 2.44. The minimum Gasteiger partial charge on any atom is -0.278 e. The smallest absolute Gasteiger partial charge is 0.184 e. The second-order valence-corrected chi connectivity index (χ2v) is 13.6. The quantitative estimate of drug-likeness (QED) is 0.136. The molecule has 1 aromatic heterocycles. The molecule has 1 aliphatic carbocycles. The summed E-state index contributed by atoms with van der Waals surface area (Å²) in [5, 5.41) is 25.1. The monoisotopic (exact) mass is 619 g/mol. The van der Waals surface area contributed by atoms with Crippen LogP contribution >= 0.6 is 10.5 Å². The first-order valence-corrected chi connectivity index (χ1v) is 17.1. The summed E-state index contributed by atoms with van der Waals surface area (Å²) in [6, 6.07) is 48.1. The zero-order chi connectivity index (χ0) is 31.1. The second-order valence-electron chi connectivity index (χ2n) is 11.7. The van der Waals surface area contributed by atoms with E-state index in [9.17, 15) is 0 Å². The lowest BCUT2D eigenvalue weighted by Crippen LogP contribution is -2.39. The van der Waals surface area contributed by atoms with Crippen molar-refractivity contribution in [3.8, 4) is 22.5 Å². The number of hydrogen-bond acceptors (Lipinski definition) is 5. The molecule has 8 heteroatoms. The Morgan fingerprint density at radius 2 is 1.22 bits per heavy atom. The third-order valence-corrected chi connectivity index (χ3v) is 10.8. The second kappa shape index (κ2) is 11.6. The van der Waals surface area contributed by atoms with Gasteiger partial charge in [-0.2, -0.15) is 5.43 Å². The van der Waals surface area contributed by atoms with Crippen LogP contribution in [-0.2, 0) is 5.54 Å². The molecule has 0 amide bonds. The van der Waals surface area contributed by atoms with Crippen molar-refractivity contribution < 1.29 is 0 Å². The SMILES string of the molecule is CS1=C(C2CC2)NN(c2ccc(-c3ccccc3-c3nnnn3C(c3ccccc3)(c3ccccc3)c3ccccc3)cc2)C1=N. The van der Waals surface area contributed by atoms with Gasteiger partial charge in [0.25, 0.3) is 0 Å². The van der Waals surface area contributed by atoms with E-state index in [1.807, 2.05) is 34.0 Å². The molecule has 6 aromatic rings. The average Bonchev–Trinajstić information content (AvgIpc) is 3.77. The minimum absolute atomic E-state index is 0.188. The van der Waals surface area contributed by atoms with Crippen molar-refractivity contribution in [1.29, 1.82) is 5.41 Å². The third-order valence-electron chi connectivity index (χ3n) is 8.96. The first kappa shape index (κ1) is 28.3. The van der Waals surface area contributed by atoms with Crippen molar-refractivity contribution in [1.82, 2.24) is 25.6 Å². The minimum atomic E-state index is -0.839. The Kier molecular flexibility index (Phi) is 7.16. The Labute approximate surface area is 271 Å². The van der Waals surface area contributed by atoms with Gasteiger partial charge in [-0.05, 0) is 69.5 Å². The number of anilines is 1. The Balaban J connectivity index is 1.26. The summed E-state index contributed by atoms with van der Waals surface area (Å²) in [5.41, 5.74) is 9.83. The highest BCUT2D eigenvalue weighted by Gasteiger charge is 2.42. The van der Waals surface area contributed by atoms with E-state index in [0.29, 0.717) is 16.9 Å². The van der Waals surface area contributed by atoms with Crippen molar-refractivity contribution in [3.63, 3.8) is 0 Å². The lowest BCUT2D eigenvalue weighted by molar-refractivity contribution is 0.451. The number of nitrogens with zero attached hydrogens (tertiary/aromatic N) is 5. The number of aromatic nitrogens is 4. The molecular formula is C38H33N7S. The lowest BCUT2D eigenvalue weighted by atomic mass is 9.77. The zero-order valence-corrected chi connectivity index (χ0v) is 26.2. The van der Waals surface area contributed by atoms with Crippen LogP contribution in [0.25, 0.3) is 22.5 Å². The molecule has 0 bridgehead atoms. The van der Waals surface area contributed by atoms with Crippen LogP contribution in [0.5, 0.6) is 0 Å². The van der Waals surface area contributed by atoms with Crippen LogP contribution in [0.1, 0.15) is 29.5 Å². The third kappa shape index (κ3) is 4.69. The summed E-state index contributed by atoms with van der Waals surface area (Å²) in [4.78, 5) is 1.30. The summed E-state index contributed by atoms with van der Waals surface area (Å²) in [6.45, 7) is 0. The average molecular weight is 620 g/mol. The van der Waals surface area contributed by atoms with Crippen LogP contribution in [0.4, 0.5) is 5.69 Å². The lowest BCUT2D eigenvalue weighted by Gasteiger charge is -2.36. The van der Waals surface area contributed by atoms with Gasteiger partial charge in [0.2, 0.25) is 0 Å². The van der Waals surface area contributed by atoms with Crippen LogP contribution in [0.2, 0.25) is 0 Å². The Bertz CT molecular complexity index is 1950. The van der Waals surface area contributed by atoms with Gasteiger partial charge in [0.1, 0.15) is 5.54 Å². The molecule has 226 valence electrons. The molecule has 1 atom stereocenters. The summed E-state index contributed by atoms with van der Waals surface area (Å²) in [6.07, 6.45) is 4.59. The standard InChI is InChI=1S/C38H33N7S/c1-46-36(28-21-22-28)41-44(37(46)39)32-25-23-27(24-26-32)33-19-11-12-20-34(33)35-40-42-43-45(35)38(29-13-5-2-6-14-29,30-15-7-3-8-16-30)31-17-9-4-10-18-31/h2-20,23-26,28,39,41H,21-22H2,1H3. The van der Waals surface area contributed by atoms with E-state index >= 15 is 0 Å². The van der Waals surface area contributed by atoms with E-state index < -0.39 is 5.54 Å². The molecule has 2 aliphatic rings. The van der Waals surface area contributed by atoms with Gasteiger partial charge < -0.3 is 0 Å². The molecule has 0 spiro atoms. The predicted molar refractivity (Wildman–Crippen MR) is 188 cm³/mol. The van der Waals surface area contributed by atoms with E-state index in [0.717, 1.165) is 39.1 Å². The van der Waals surface area contributed by atoms with Gasteiger partial charge in [0.05, 0.1) is 5.69 Å². The van der Waals surface area contributed by atoms with E-state index in [4.69, 9.17) is 15.7 Å². The number of amidine groups is 1. The van der Waals surface area contributed by atoms with Crippen molar-refractivity contribution in [2.75, 3.05) is 11.3 Å².